The Morgan fingerprint density at radius 2 is 2.26 bits per heavy atom. The molecule has 0 radical (unpaired) electrons. The van der Waals surface area contributed by atoms with Crippen molar-refractivity contribution in [3.05, 3.63) is 35.5 Å². The molecule has 1 fully saturated rings. The Labute approximate surface area is 157 Å². The highest BCUT2D eigenvalue weighted by Crippen LogP contribution is 2.35. The second kappa shape index (κ2) is 6.97. The number of hydrogen-bond acceptors (Lipinski definition) is 6. The van der Waals surface area contributed by atoms with Crippen molar-refractivity contribution in [2.24, 2.45) is 11.7 Å². The van der Waals surface area contributed by atoms with E-state index in [1.807, 2.05) is 12.1 Å². The summed E-state index contributed by atoms with van der Waals surface area (Å²) in [6.45, 7) is 0. The summed E-state index contributed by atoms with van der Waals surface area (Å²) in [5.41, 5.74) is 7.41. The molecule has 0 saturated heterocycles. The Hall–Kier alpha value is -2.99. The maximum Gasteiger partial charge on any atom is 0.527 e. The van der Waals surface area contributed by atoms with Gasteiger partial charge in [0, 0.05) is 24.3 Å². The van der Waals surface area contributed by atoms with E-state index in [4.69, 9.17) is 10.4 Å². The van der Waals surface area contributed by atoms with Crippen molar-refractivity contribution in [1.82, 2.24) is 9.78 Å². The number of nitrogens with two attached hydrogens (primary N) is 1. The van der Waals surface area contributed by atoms with Crippen LogP contribution in [0, 0.1) is 17.2 Å². The van der Waals surface area contributed by atoms with Crippen molar-refractivity contribution in [1.29, 1.82) is 5.26 Å². The number of benzene rings is 1. The zero-order chi connectivity index (χ0) is 19.0. The molecule has 0 bridgehead atoms. The van der Waals surface area contributed by atoms with Gasteiger partial charge in [0.25, 0.3) is 5.91 Å². The van der Waals surface area contributed by atoms with Crippen LogP contribution in [0.4, 0.5) is 11.5 Å². The fraction of sp³-hybridized carbons (Fsp3) is 0.389. The Balaban J connectivity index is 1.63. The smallest absolute Gasteiger partial charge is 0.527 e. The minimum absolute atomic E-state index is 0.0594. The monoisotopic (exact) mass is 365 g/mol. The van der Waals surface area contributed by atoms with Crippen LogP contribution in [0.3, 0.4) is 0 Å². The van der Waals surface area contributed by atoms with Crippen molar-refractivity contribution in [3.63, 3.8) is 0 Å². The summed E-state index contributed by atoms with van der Waals surface area (Å²) in [5, 5.41) is 26.7. The maximum atomic E-state index is 11.9. The molecule has 1 saturated carbocycles. The molecule has 2 atom stereocenters. The number of rotatable bonds is 4. The van der Waals surface area contributed by atoms with E-state index >= 15 is 0 Å². The van der Waals surface area contributed by atoms with Gasteiger partial charge in [0.2, 0.25) is 0 Å². The van der Waals surface area contributed by atoms with Crippen LogP contribution in [0.2, 0.25) is 0 Å². The average molecular weight is 365 g/mol. The van der Waals surface area contributed by atoms with Crippen LogP contribution in [-0.2, 0) is 6.32 Å². The lowest BCUT2D eigenvalue weighted by Gasteiger charge is -2.26. The zero-order valence-electron chi connectivity index (χ0n) is 14.8. The highest BCUT2D eigenvalue weighted by atomic mass is 16.5. The molecule has 0 unspecified atom stereocenters. The number of carbonyl (C=O) groups is 1. The number of nitrogens with zero attached hydrogens (tertiary/aromatic N) is 3. The molecule has 2 heterocycles. The van der Waals surface area contributed by atoms with Gasteiger partial charge in [-0.3, -0.25) is 9.48 Å². The van der Waals surface area contributed by atoms with Crippen LogP contribution >= 0.6 is 0 Å². The van der Waals surface area contributed by atoms with Crippen LogP contribution < -0.4 is 15.7 Å². The molecule has 1 aromatic heterocycles. The molecule has 1 aromatic carbocycles. The van der Waals surface area contributed by atoms with Gasteiger partial charge in [-0.25, -0.2) is 0 Å². The Morgan fingerprint density at radius 3 is 3.04 bits per heavy atom. The first-order valence-electron chi connectivity index (χ1n) is 9.08. The number of nitrogens with one attached hydrogen (secondary N) is 1. The van der Waals surface area contributed by atoms with Gasteiger partial charge in [0.05, 0.1) is 18.0 Å². The summed E-state index contributed by atoms with van der Waals surface area (Å²) >= 11 is 0. The van der Waals surface area contributed by atoms with Crippen molar-refractivity contribution < 1.29 is 14.5 Å². The highest BCUT2D eigenvalue weighted by Gasteiger charge is 2.29. The second-order valence-corrected chi connectivity index (χ2v) is 7.05. The summed E-state index contributed by atoms with van der Waals surface area (Å²) < 4.78 is 7.05. The second-order valence-electron chi connectivity index (χ2n) is 7.05. The van der Waals surface area contributed by atoms with Crippen LogP contribution in [0.15, 0.2) is 24.4 Å². The van der Waals surface area contributed by atoms with Gasteiger partial charge in [-0.05, 0) is 24.5 Å². The van der Waals surface area contributed by atoms with E-state index in [1.165, 1.54) is 0 Å². The topological polar surface area (TPSA) is 126 Å². The predicted octanol–water partition coefficient (Wildman–Crippen LogP) is 1.94. The summed E-state index contributed by atoms with van der Waals surface area (Å²) in [7, 11) is -0.829. The first kappa shape index (κ1) is 17.4. The number of fused-ring (bicyclic) bond motifs is 1. The minimum Gasteiger partial charge on any atom is -0.536 e. The third kappa shape index (κ3) is 3.36. The number of anilines is 2. The van der Waals surface area contributed by atoms with Gasteiger partial charge in [0.15, 0.2) is 5.82 Å². The lowest BCUT2D eigenvalue weighted by molar-refractivity contribution is 0.100. The molecular formula is C18H20BN5O3. The summed E-state index contributed by atoms with van der Waals surface area (Å²) in [5.74, 6) is 0.246. The largest absolute Gasteiger partial charge is 0.536 e. The van der Waals surface area contributed by atoms with E-state index in [0.717, 1.165) is 31.2 Å². The number of aromatic nitrogens is 2. The lowest BCUT2D eigenvalue weighted by Crippen LogP contribution is -2.22. The quantitative estimate of drug-likeness (QED) is 0.711. The molecule has 8 nitrogen and oxygen atoms in total. The number of primary amides is 1. The lowest BCUT2D eigenvalue weighted by atomic mass is 9.85. The van der Waals surface area contributed by atoms with Crippen LogP contribution in [0.1, 0.15) is 47.6 Å². The summed E-state index contributed by atoms with van der Waals surface area (Å²) in [6, 6.07) is 7.75. The van der Waals surface area contributed by atoms with Crippen LogP contribution in [0.25, 0.3) is 0 Å². The predicted molar refractivity (Wildman–Crippen MR) is 99.4 cm³/mol. The molecule has 0 spiro atoms. The Morgan fingerprint density at radius 1 is 1.44 bits per heavy atom. The average Bonchev–Trinajstić information content (AvgIpc) is 3.24. The normalized spacial score (nSPS) is 21.3. The molecule has 27 heavy (non-hydrogen) atoms. The van der Waals surface area contributed by atoms with Crippen LogP contribution in [-0.4, -0.2) is 27.8 Å². The molecule has 1 aliphatic heterocycles. The van der Waals surface area contributed by atoms with Gasteiger partial charge in [-0.1, -0.05) is 18.9 Å². The van der Waals surface area contributed by atoms with Crippen molar-refractivity contribution in [2.75, 3.05) is 5.32 Å². The van der Waals surface area contributed by atoms with Gasteiger partial charge >= 0.3 is 7.12 Å². The molecule has 2 aromatic rings. The minimum atomic E-state index is -0.829. The van der Waals surface area contributed by atoms with E-state index in [0.29, 0.717) is 23.6 Å². The third-order valence-electron chi connectivity index (χ3n) is 5.22. The summed E-state index contributed by atoms with van der Waals surface area (Å²) in [4.78, 5) is 11.9. The fourth-order valence-corrected chi connectivity index (χ4v) is 3.84. The van der Waals surface area contributed by atoms with E-state index in [1.54, 1.807) is 16.9 Å². The molecule has 4 N–H and O–H groups in total. The zero-order valence-corrected chi connectivity index (χ0v) is 14.8. The fourth-order valence-electron chi connectivity index (χ4n) is 3.84. The van der Waals surface area contributed by atoms with E-state index in [2.05, 4.69) is 16.5 Å². The SMILES string of the molecule is N#C[C@@H]1CCCC[C@H]1n1cc(C(N)=O)c(Nc2ccc3c(c2)OB(O)C3)n1. The molecular weight excluding hydrogens is 345 g/mol. The maximum absolute atomic E-state index is 11.9. The highest BCUT2D eigenvalue weighted by molar-refractivity contribution is 6.44. The standard InChI is InChI=1S/C18H20BN5O3/c20-9-12-3-1-2-4-15(12)24-10-14(17(21)25)18(23-24)22-13-6-5-11-8-19(26)27-16(11)7-13/h5-7,10,12,15,26H,1-4,8H2,(H2,21,25)(H,22,23)/t12-,15+/m0/s1. The molecule has 1 amide bonds. The van der Waals surface area contributed by atoms with Crippen LogP contribution in [0.5, 0.6) is 5.75 Å². The van der Waals surface area contributed by atoms with Crippen molar-refractivity contribution in [2.45, 2.75) is 38.0 Å². The van der Waals surface area contributed by atoms with Gasteiger partial charge in [-0.15, -0.1) is 0 Å². The van der Waals surface area contributed by atoms with Gasteiger partial charge in [0.1, 0.15) is 11.3 Å². The van der Waals surface area contributed by atoms with Gasteiger partial charge < -0.3 is 20.7 Å². The van der Waals surface area contributed by atoms with E-state index < -0.39 is 13.0 Å². The first-order chi connectivity index (χ1) is 13.0. The van der Waals surface area contributed by atoms with Gasteiger partial charge in [-0.2, -0.15) is 10.4 Å². The molecule has 9 heteroatoms. The molecule has 1 aliphatic carbocycles. The molecule has 4 rings (SSSR count). The third-order valence-corrected chi connectivity index (χ3v) is 5.22. The molecule has 138 valence electrons. The Bertz CT molecular complexity index is 922. The molecule has 2 aliphatic rings. The number of nitriles is 1. The van der Waals surface area contributed by atoms with Crippen molar-refractivity contribution in [3.8, 4) is 11.8 Å². The Kier molecular flexibility index (Phi) is 4.50. The van der Waals surface area contributed by atoms with E-state index in [-0.39, 0.29) is 17.5 Å². The van der Waals surface area contributed by atoms with E-state index in [9.17, 15) is 15.1 Å². The number of amides is 1. The number of carbonyl (C=O) groups excluding carboxylic acids is 1. The summed E-state index contributed by atoms with van der Waals surface area (Å²) in [6.07, 6.45) is 5.82. The number of hydrogen-bond donors (Lipinski definition) is 3. The first-order valence-corrected chi connectivity index (χ1v) is 9.08. The van der Waals surface area contributed by atoms with Crippen molar-refractivity contribution >= 4 is 24.5 Å².